The maximum absolute atomic E-state index is 13.6. The topological polar surface area (TPSA) is 294 Å². The highest BCUT2D eigenvalue weighted by Crippen LogP contribution is 2.62. The zero-order chi connectivity index (χ0) is 88.5. The Morgan fingerprint density at radius 1 is 0.484 bits per heavy atom. The zero-order valence-electron chi connectivity index (χ0n) is 67.8. The highest BCUT2D eigenvalue weighted by atomic mass is 32.2. The van der Waals surface area contributed by atoms with Crippen molar-refractivity contribution in [3.05, 3.63) is 319 Å². The molecule has 654 valence electrons. The van der Waals surface area contributed by atoms with Gasteiger partial charge < -0.3 is 27.9 Å². The zero-order valence-corrected chi connectivity index (χ0v) is 73.5. The molecule has 0 N–H and O–H groups in total. The van der Waals surface area contributed by atoms with Gasteiger partial charge in [0, 0.05) is 90.8 Å². The van der Waals surface area contributed by atoms with Crippen molar-refractivity contribution in [3.63, 3.8) is 0 Å². The van der Waals surface area contributed by atoms with Crippen LogP contribution >= 0.6 is 20.9 Å². The van der Waals surface area contributed by atoms with Gasteiger partial charge in [0.1, 0.15) is 46.3 Å². The average Bonchev–Trinajstić information content (AvgIpc) is 0.936. The van der Waals surface area contributed by atoms with Crippen molar-refractivity contribution in [3.8, 4) is 9.79 Å². The van der Waals surface area contributed by atoms with E-state index in [1.165, 1.54) is 82.3 Å². The Morgan fingerprint density at radius 3 is 1.33 bits per heavy atom. The summed E-state index contributed by atoms with van der Waals surface area (Å²) in [6, 6.07) is 96.4. The van der Waals surface area contributed by atoms with Gasteiger partial charge in [-0.2, -0.15) is 17.2 Å². The van der Waals surface area contributed by atoms with Crippen LogP contribution in [0.15, 0.2) is 300 Å². The molecule has 23 rings (SSSR count). The van der Waals surface area contributed by atoms with Gasteiger partial charge in [-0.25, -0.2) is 34.0 Å². The van der Waals surface area contributed by atoms with Crippen LogP contribution in [0.5, 0.6) is 0 Å². The molecule has 2 aromatic heterocycles. The monoisotopic (exact) mass is 1840 g/mol. The number of hydrogen-bond donors (Lipinski definition) is 0. The number of hydrogen-bond acceptors (Lipinski definition) is 18. The fourth-order valence-electron chi connectivity index (χ4n) is 20.2. The van der Waals surface area contributed by atoms with Gasteiger partial charge >= 0.3 is 23.2 Å². The predicted octanol–water partition coefficient (Wildman–Crippen LogP) is 20.1. The van der Waals surface area contributed by atoms with Gasteiger partial charge in [0.2, 0.25) is 0 Å². The molecule has 6 atom stereocenters. The van der Waals surface area contributed by atoms with E-state index in [0.29, 0.717) is 41.9 Å². The smallest absolute Gasteiger partial charge is 0.334 e. The molecule has 126 heavy (non-hydrogen) atoms. The van der Waals surface area contributed by atoms with Crippen molar-refractivity contribution in [2.45, 2.75) is 120 Å². The summed E-state index contributed by atoms with van der Waals surface area (Å²) in [5, 5.41) is 0.194. The van der Waals surface area contributed by atoms with Crippen molar-refractivity contribution in [2.24, 2.45) is 40.9 Å². The molecule has 18 nitrogen and oxygen atoms in total. The minimum Gasteiger partial charge on any atom is -0.748 e. The fraction of sp³-hybridized carbons (Fsp3) is 0.289. The van der Waals surface area contributed by atoms with Gasteiger partial charge in [0.25, 0.3) is 10.1 Å². The van der Waals surface area contributed by atoms with Gasteiger partial charge in [-0.1, -0.05) is 170 Å². The summed E-state index contributed by atoms with van der Waals surface area (Å²) < 4.78 is 197. The summed E-state index contributed by atoms with van der Waals surface area (Å²) >= 11 is 0. The van der Waals surface area contributed by atoms with E-state index in [2.05, 4.69) is 194 Å². The van der Waals surface area contributed by atoms with Crippen molar-refractivity contribution in [1.82, 2.24) is 0 Å². The Labute approximate surface area is 737 Å². The summed E-state index contributed by atoms with van der Waals surface area (Å²) in [5.74, 6) is -3.78. The lowest BCUT2D eigenvalue weighted by molar-refractivity contribution is -0.171. The summed E-state index contributed by atoms with van der Waals surface area (Å²) in [7, 11) is -18.7. The second-order valence-corrected chi connectivity index (χ2v) is 45.2. The van der Waals surface area contributed by atoms with Crippen LogP contribution in [0, 0.1) is 52.6 Å². The molecule has 10 aliphatic rings. The lowest BCUT2D eigenvalue weighted by Gasteiger charge is -2.55. The minimum atomic E-state index is -5.72. The van der Waals surface area contributed by atoms with Crippen LogP contribution in [-0.4, -0.2) is 113 Å². The Kier molecular flexibility index (Phi) is 26.5. The summed E-state index contributed by atoms with van der Waals surface area (Å²) in [6.07, 6.45) is 4.81. The predicted molar refractivity (Wildman–Crippen MR) is 476 cm³/mol. The summed E-state index contributed by atoms with van der Waals surface area (Å²) in [6.45, 7) is -0.659. The van der Waals surface area contributed by atoms with Crippen LogP contribution in [0.2, 0.25) is 0 Å². The molecule has 0 amide bonds. The normalized spacial score (nSPS) is 22.9. The molecule has 9 aliphatic carbocycles. The third-order valence-electron chi connectivity index (χ3n) is 24.8. The van der Waals surface area contributed by atoms with E-state index in [1.54, 1.807) is 0 Å². The van der Waals surface area contributed by atoms with Gasteiger partial charge in [0.05, 0.1) is 50.0 Å². The molecule has 6 unspecified atom stereocenters. The van der Waals surface area contributed by atoms with Crippen molar-refractivity contribution < 1.29 is 97.7 Å². The maximum atomic E-state index is 13.6. The van der Waals surface area contributed by atoms with Gasteiger partial charge in [-0.15, -0.1) is 0 Å². The third-order valence-corrected chi connectivity index (χ3v) is 35.7. The molecule has 1 aliphatic heterocycles. The number of alkyl halides is 2. The number of halogens is 4. The molecule has 29 heteroatoms. The van der Waals surface area contributed by atoms with Crippen LogP contribution in [-0.2, 0) is 84.1 Å². The maximum Gasteiger partial charge on any atom is 0.334 e. The number of benzene rings is 11. The van der Waals surface area contributed by atoms with Gasteiger partial charge in [-0.3, -0.25) is 18.6 Å². The molecule has 11 aromatic carbocycles. The minimum absolute atomic E-state index is 0.0146. The largest absolute Gasteiger partial charge is 0.748 e. The standard InChI is InChI=1S/C21H20F2O5S.C18H11F2S.C18H13S.C18H15S.C13H20O5S.C9H12O8S2/c22-21(23,29(25,26)27)10-5-11-28-20(24)18-12-17-13-6-1-3-8-15(13)19(18)16-9-4-2-7-14(16)17;19-12-9-13(20)11-14(10-12)21-17-7-3-1-5-15(17)16-6-2-4-8-18(16)21;1-2-8-14(9-3-1)19-17-12-6-4-10-15(17)16-11-5-7-13-18(16)19;1-4-10-16(11-5-1)19(17-12-6-2-7-13-17)18-14-8-3-9-15-18;14-12(18-1-2-19(15,16)17)13-6-9-3-10(7-13)5-11(4-9)8-13;10-7(3-18(11,12)13)16-8-4-1-5-6(2-4)19(14,15)17-9(5)8/h1-4,6-9,17-19H,5,10-12H2,(H,25,26,27);1-11H;1-13H;1-15H;9-11H,1-8H2,(H,15,16,17);4-6,8-9H,1-3H2,(H,11,12,13)/q;3*+1;;/p-3. The lowest BCUT2D eigenvalue weighted by atomic mass is 9.49. The fourth-order valence-corrected chi connectivity index (χ4v) is 30.0. The van der Waals surface area contributed by atoms with E-state index >= 15 is 0 Å². The molecule has 1 saturated heterocycles. The summed E-state index contributed by atoms with van der Waals surface area (Å²) in [4.78, 5) is 42.5. The van der Waals surface area contributed by atoms with Crippen LogP contribution in [0.4, 0.5) is 17.6 Å². The van der Waals surface area contributed by atoms with E-state index in [4.69, 9.17) is 18.4 Å². The van der Waals surface area contributed by atoms with Crippen LogP contribution < -0.4 is 0 Å². The van der Waals surface area contributed by atoms with Gasteiger partial charge in [0.15, 0.2) is 53.4 Å². The molecule has 0 radical (unpaired) electrons. The molecular formula is C97H88F4O18S7. The summed E-state index contributed by atoms with van der Waals surface area (Å²) in [5.41, 5.74) is 4.17. The first-order valence-corrected chi connectivity index (χ1v) is 51.2. The van der Waals surface area contributed by atoms with Crippen LogP contribution in [0.3, 0.4) is 0 Å². The Morgan fingerprint density at radius 2 is 0.897 bits per heavy atom. The van der Waals surface area contributed by atoms with Crippen molar-refractivity contribution in [1.29, 1.82) is 0 Å². The first-order valence-electron chi connectivity index (χ1n) is 41.5. The van der Waals surface area contributed by atoms with E-state index in [1.807, 2.05) is 72.8 Å². The van der Waals surface area contributed by atoms with E-state index in [9.17, 15) is 79.3 Å². The molecule has 0 spiro atoms. The number of fused-ring (bicyclic) bond motifs is 8. The van der Waals surface area contributed by atoms with E-state index < -0.39 is 127 Å². The molecule has 6 saturated carbocycles. The third kappa shape index (κ3) is 19.5. The SMILES string of the molecule is Fc1cc(F)cc(-[s+]2c3ccccc3c3ccccc32)c1.O=C(CS(=O)(=O)[O-])OC1C2CC3C1OS(=O)(=O)C3C2.O=C(OCCCC(F)(F)S(=O)(=O)[O-])C1CC2c3ccccc3C1c1ccccc12.O=C(OCCS(=O)(=O)[O-])C12CC3CC(CC(C3)C1)C2.c1ccc(-[s+]2c3ccccc3c3ccccc32)cc1.c1ccc([S+](c2ccccc2)c2ccccc2)cc1. The van der Waals surface area contributed by atoms with Crippen LogP contribution in [0.25, 0.3) is 50.1 Å². The Hall–Kier alpha value is -10.0. The number of carbonyl (C=O) groups excluding carboxylic acids is 3. The van der Waals surface area contributed by atoms with Gasteiger partial charge in [-0.05, 0) is 201 Å². The van der Waals surface area contributed by atoms with Crippen molar-refractivity contribution >= 4 is 131 Å². The molecule has 7 fully saturated rings. The number of ether oxygens (including phenoxy) is 3. The number of carbonyl (C=O) groups is 3. The quantitative estimate of drug-likeness (QED) is 0.0147. The van der Waals surface area contributed by atoms with E-state index in [-0.39, 0.29) is 69.6 Å². The molecule has 8 bridgehead atoms. The Balaban J connectivity index is 0.000000112. The van der Waals surface area contributed by atoms with E-state index in [0.717, 1.165) is 56.6 Å². The molecular weight excluding hydrogens is 1750 g/mol. The first kappa shape index (κ1) is 89.4. The Bertz CT molecular complexity index is 6360. The molecule has 13 aromatic rings. The highest BCUT2D eigenvalue weighted by Gasteiger charge is 2.65. The second kappa shape index (κ2) is 37.4. The van der Waals surface area contributed by atoms with Crippen LogP contribution in [0.1, 0.15) is 105 Å². The first-order chi connectivity index (χ1) is 60.4. The number of esters is 3. The highest BCUT2D eigenvalue weighted by molar-refractivity contribution is 7.97. The lowest BCUT2D eigenvalue weighted by Crippen LogP contribution is -2.50. The average molecular weight is 1840 g/mol. The molecule has 3 heterocycles. The number of rotatable bonds is 18. The second-order valence-electron chi connectivity index (χ2n) is 33.0. The van der Waals surface area contributed by atoms with Crippen molar-refractivity contribution in [2.75, 3.05) is 24.7 Å². The number of thiophene rings is 2.